The quantitative estimate of drug-likeness (QED) is 0.858. The second-order valence-electron chi connectivity index (χ2n) is 3.91. The van der Waals surface area contributed by atoms with E-state index in [0.29, 0.717) is 23.0 Å². The Labute approximate surface area is 129 Å². The van der Waals surface area contributed by atoms with Gasteiger partial charge < -0.3 is 15.4 Å². The molecule has 1 aliphatic rings. The van der Waals surface area contributed by atoms with Gasteiger partial charge in [0.25, 0.3) is 0 Å². The molecule has 2 heterocycles. The molecule has 0 unspecified atom stereocenters. The second kappa shape index (κ2) is 7.75. The maximum absolute atomic E-state index is 11.5. The highest BCUT2D eigenvalue weighted by atomic mass is 35.5. The highest BCUT2D eigenvalue weighted by Crippen LogP contribution is 2.27. The first-order chi connectivity index (χ1) is 8.11. The summed E-state index contributed by atoms with van der Waals surface area (Å²) in [5, 5.41) is 0.447. The Morgan fingerprint density at radius 3 is 2.68 bits per heavy atom. The van der Waals surface area contributed by atoms with Crippen LogP contribution in [-0.4, -0.2) is 36.7 Å². The molecule has 1 saturated heterocycles. The molecule has 0 spiro atoms. The van der Waals surface area contributed by atoms with E-state index in [1.165, 1.54) is 6.20 Å². The predicted octanol–water partition coefficient (Wildman–Crippen LogP) is 1.90. The topological polar surface area (TPSA) is 68.5 Å². The van der Waals surface area contributed by atoms with Crippen LogP contribution in [0.3, 0.4) is 0 Å². The minimum atomic E-state index is -0.409. The van der Waals surface area contributed by atoms with Crippen LogP contribution in [0.4, 0.5) is 5.82 Å². The minimum absolute atomic E-state index is 0. The number of rotatable bonds is 3. The van der Waals surface area contributed by atoms with Crippen LogP contribution in [0.15, 0.2) is 12.3 Å². The molecule has 1 aliphatic heterocycles. The van der Waals surface area contributed by atoms with E-state index >= 15 is 0 Å². The number of nitrogens with zero attached hydrogens (tertiary/aromatic N) is 2. The SMILES string of the molecule is CCOC(=O)c1cnc(N2CC(N)C2)c(Cl)c1.Cl.Cl. The molecule has 108 valence electrons. The summed E-state index contributed by atoms with van der Waals surface area (Å²) in [5.74, 6) is 0.259. The van der Waals surface area contributed by atoms with Crippen molar-refractivity contribution in [1.82, 2.24) is 4.98 Å². The van der Waals surface area contributed by atoms with Gasteiger partial charge >= 0.3 is 5.97 Å². The maximum Gasteiger partial charge on any atom is 0.339 e. The highest BCUT2D eigenvalue weighted by molar-refractivity contribution is 6.33. The predicted molar refractivity (Wildman–Crippen MR) is 79.9 cm³/mol. The number of carbonyl (C=O) groups excluding carboxylic acids is 1. The molecule has 2 rings (SSSR count). The molecule has 5 nitrogen and oxygen atoms in total. The van der Waals surface area contributed by atoms with Crippen LogP contribution >= 0.6 is 36.4 Å². The average Bonchev–Trinajstić information content (AvgIpc) is 2.25. The molecule has 8 heteroatoms. The smallest absolute Gasteiger partial charge is 0.339 e. The van der Waals surface area contributed by atoms with Crippen LogP contribution in [0, 0.1) is 0 Å². The zero-order valence-corrected chi connectivity index (χ0v) is 12.7. The monoisotopic (exact) mass is 327 g/mol. The Morgan fingerprint density at radius 1 is 1.58 bits per heavy atom. The summed E-state index contributed by atoms with van der Waals surface area (Å²) in [7, 11) is 0. The van der Waals surface area contributed by atoms with Crippen molar-refractivity contribution in [2.75, 3.05) is 24.6 Å². The van der Waals surface area contributed by atoms with Gasteiger partial charge in [-0.05, 0) is 13.0 Å². The molecule has 0 aliphatic carbocycles. The van der Waals surface area contributed by atoms with Crippen molar-refractivity contribution in [3.05, 3.63) is 22.8 Å². The Bertz CT molecular complexity index is 439. The lowest BCUT2D eigenvalue weighted by Crippen LogP contribution is -2.56. The zero-order valence-electron chi connectivity index (χ0n) is 10.3. The Morgan fingerprint density at radius 2 is 2.21 bits per heavy atom. The fraction of sp³-hybridized carbons (Fsp3) is 0.455. The van der Waals surface area contributed by atoms with Crippen molar-refractivity contribution in [3.63, 3.8) is 0 Å². The van der Waals surface area contributed by atoms with Gasteiger partial charge in [0.2, 0.25) is 0 Å². The lowest BCUT2D eigenvalue weighted by Gasteiger charge is -2.38. The number of esters is 1. The van der Waals surface area contributed by atoms with Crippen LogP contribution in [0.25, 0.3) is 0 Å². The molecular weight excluding hydrogens is 312 g/mol. The van der Waals surface area contributed by atoms with Crippen LogP contribution in [0.5, 0.6) is 0 Å². The highest BCUT2D eigenvalue weighted by Gasteiger charge is 2.26. The molecule has 0 atom stereocenters. The van der Waals surface area contributed by atoms with Crippen LogP contribution in [0.2, 0.25) is 5.02 Å². The second-order valence-corrected chi connectivity index (χ2v) is 4.32. The molecular formula is C11H16Cl3N3O2. The van der Waals surface area contributed by atoms with Crippen molar-refractivity contribution in [3.8, 4) is 0 Å². The van der Waals surface area contributed by atoms with E-state index < -0.39 is 5.97 Å². The molecule has 0 bridgehead atoms. The van der Waals surface area contributed by atoms with Crippen molar-refractivity contribution >= 4 is 48.2 Å². The average molecular weight is 329 g/mol. The molecule has 1 aromatic heterocycles. The molecule has 0 saturated carbocycles. The van der Waals surface area contributed by atoms with Crippen LogP contribution in [-0.2, 0) is 4.74 Å². The molecule has 1 aromatic rings. The Balaban J connectivity index is 0.00000162. The van der Waals surface area contributed by atoms with Gasteiger partial charge in [0.1, 0.15) is 5.82 Å². The Hall–Kier alpha value is -0.750. The molecule has 19 heavy (non-hydrogen) atoms. The number of pyridine rings is 1. The van der Waals surface area contributed by atoms with Crippen molar-refractivity contribution in [1.29, 1.82) is 0 Å². The minimum Gasteiger partial charge on any atom is -0.462 e. The summed E-state index contributed by atoms with van der Waals surface area (Å²) >= 11 is 6.08. The lowest BCUT2D eigenvalue weighted by atomic mass is 10.1. The first-order valence-electron chi connectivity index (χ1n) is 5.45. The number of hydrogen-bond acceptors (Lipinski definition) is 5. The first-order valence-corrected chi connectivity index (χ1v) is 5.82. The summed E-state index contributed by atoms with van der Waals surface area (Å²) in [6.07, 6.45) is 1.48. The van der Waals surface area contributed by atoms with Gasteiger partial charge in [-0.15, -0.1) is 24.8 Å². The normalized spacial score (nSPS) is 13.9. The van der Waals surface area contributed by atoms with Gasteiger partial charge in [-0.25, -0.2) is 9.78 Å². The van der Waals surface area contributed by atoms with Crippen molar-refractivity contribution in [2.45, 2.75) is 13.0 Å². The van der Waals surface area contributed by atoms with Gasteiger partial charge in [0, 0.05) is 25.3 Å². The summed E-state index contributed by atoms with van der Waals surface area (Å²) in [6.45, 7) is 3.57. The molecule has 1 fully saturated rings. The molecule has 0 radical (unpaired) electrons. The number of hydrogen-bond donors (Lipinski definition) is 1. The third kappa shape index (κ3) is 4.11. The first kappa shape index (κ1) is 18.2. The summed E-state index contributed by atoms with van der Waals surface area (Å²) in [4.78, 5) is 17.6. The van der Waals surface area contributed by atoms with E-state index in [2.05, 4.69) is 4.98 Å². The summed E-state index contributed by atoms with van der Waals surface area (Å²) in [6, 6.07) is 1.75. The van der Waals surface area contributed by atoms with Gasteiger partial charge in [-0.2, -0.15) is 0 Å². The molecule has 0 aromatic carbocycles. The maximum atomic E-state index is 11.5. The fourth-order valence-electron chi connectivity index (χ4n) is 1.68. The van der Waals surface area contributed by atoms with Crippen molar-refractivity contribution in [2.24, 2.45) is 5.73 Å². The molecule has 2 N–H and O–H groups in total. The number of anilines is 1. The molecule has 0 amide bonds. The van der Waals surface area contributed by atoms with Crippen molar-refractivity contribution < 1.29 is 9.53 Å². The van der Waals surface area contributed by atoms with Gasteiger partial charge in [0.05, 0.1) is 17.2 Å². The van der Waals surface area contributed by atoms with Gasteiger partial charge in [0.15, 0.2) is 0 Å². The number of ether oxygens (including phenoxy) is 1. The van der Waals surface area contributed by atoms with E-state index in [-0.39, 0.29) is 30.9 Å². The fourth-order valence-corrected chi connectivity index (χ4v) is 1.96. The van der Waals surface area contributed by atoms with Gasteiger partial charge in [-0.1, -0.05) is 11.6 Å². The summed E-state index contributed by atoms with van der Waals surface area (Å²) in [5.41, 5.74) is 6.05. The van der Waals surface area contributed by atoms with Crippen LogP contribution < -0.4 is 10.6 Å². The summed E-state index contributed by atoms with van der Waals surface area (Å²) < 4.78 is 4.87. The third-order valence-corrected chi connectivity index (χ3v) is 2.82. The van der Waals surface area contributed by atoms with E-state index in [9.17, 15) is 4.79 Å². The van der Waals surface area contributed by atoms with E-state index in [4.69, 9.17) is 22.1 Å². The van der Waals surface area contributed by atoms with Gasteiger partial charge in [-0.3, -0.25) is 0 Å². The lowest BCUT2D eigenvalue weighted by molar-refractivity contribution is 0.0526. The van der Waals surface area contributed by atoms with E-state index in [1.54, 1.807) is 13.0 Å². The zero-order chi connectivity index (χ0) is 12.4. The largest absolute Gasteiger partial charge is 0.462 e. The van der Waals surface area contributed by atoms with E-state index in [0.717, 1.165) is 13.1 Å². The number of carbonyl (C=O) groups is 1. The number of halogens is 3. The standard InChI is InChI=1S/C11H14ClN3O2.2ClH/c1-2-17-11(16)7-3-9(12)10(14-4-7)15-5-8(13)6-15;;/h3-4,8H,2,5-6,13H2,1H3;2*1H. The Kier molecular flexibility index (Phi) is 7.44. The number of aromatic nitrogens is 1. The van der Waals surface area contributed by atoms with E-state index in [1.807, 2.05) is 4.90 Å². The number of nitrogens with two attached hydrogens (primary N) is 1. The van der Waals surface area contributed by atoms with Crippen LogP contribution in [0.1, 0.15) is 17.3 Å². The third-order valence-electron chi connectivity index (χ3n) is 2.54.